The Morgan fingerprint density at radius 2 is 1.79 bits per heavy atom. The Hall–Kier alpha value is -3.86. The number of carbonyl (C=O) groups excluding carboxylic acids is 2. The summed E-state index contributed by atoms with van der Waals surface area (Å²) in [6, 6.07) is 19.0. The first-order valence-electron chi connectivity index (χ1n) is 9.05. The first kappa shape index (κ1) is 18.5. The molecule has 5 heteroatoms. The summed E-state index contributed by atoms with van der Waals surface area (Å²) in [6.07, 6.45) is 1.68. The molecule has 5 nitrogen and oxygen atoms in total. The summed E-state index contributed by atoms with van der Waals surface area (Å²) in [5.74, 6) is 0.987. The van der Waals surface area contributed by atoms with Gasteiger partial charge in [0.2, 0.25) is 5.78 Å². The number of fused-ring (bicyclic) bond motifs is 1. The normalized spacial score (nSPS) is 13.7. The maximum Gasteiger partial charge on any atom is 0.343 e. The minimum atomic E-state index is -0.473. The molecule has 4 rings (SSSR count). The van der Waals surface area contributed by atoms with E-state index in [9.17, 15) is 9.59 Å². The van der Waals surface area contributed by atoms with Crippen LogP contribution in [0.2, 0.25) is 0 Å². The molecule has 0 atom stereocenters. The SMILES string of the molecule is COc1ccc(C=C2Oc3cc(OC(=O)c4ccccc4)ccc3C2=O)cc1C. The average molecular weight is 386 g/mol. The highest BCUT2D eigenvalue weighted by Gasteiger charge is 2.28. The molecule has 0 spiro atoms. The van der Waals surface area contributed by atoms with Crippen LogP contribution in [0.15, 0.2) is 72.5 Å². The summed E-state index contributed by atoms with van der Waals surface area (Å²) in [7, 11) is 1.61. The number of carbonyl (C=O) groups is 2. The topological polar surface area (TPSA) is 61.8 Å². The van der Waals surface area contributed by atoms with Gasteiger partial charge in [0.1, 0.15) is 17.2 Å². The van der Waals surface area contributed by atoms with Crippen molar-refractivity contribution in [3.8, 4) is 17.2 Å². The van der Waals surface area contributed by atoms with Crippen LogP contribution in [0.25, 0.3) is 6.08 Å². The number of rotatable bonds is 4. The van der Waals surface area contributed by atoms with Gasteiger partial charge in [0, 0.05) is 6.07 Å². The smallest absolute Gasteiger partial charge is 0.343 e. The Balaban J connectivity index is 1.55. The molecule has 0 unspecified atom stereocenters. The van der Waals surface area contributed by atoms with E-state index in [4.69, 9.17) is 14.2 Å². The van der Waals surface area contributed by atoms with Crippen molar-refractivity contribution in [3.63, 3.8) is 0 Å². The van der Waals surface area contributed by atoms with Crippen LogP contribution in [0.5, 0.6) is 17.2 Å². The van der Waals surface area contributed by atoms with E-state index in [0.717, 1.165) is 16.9 Å². The Morgan fingerprint density at radius 3 is 2.52 bits per heavy atom. The number of ether oxygens (including phenoxy) is 3. The largest absolute Gasteiger partial charge is 0.496 e. The maximum absolute atomic E-state index is 12.6. The summed E-state index contributed by atoms with van der Waals surface area (Å²) in [5, 5.41) is 0. The average Bonchev–Trinajstić information content (AvgIpc) is 3.03. The van der Waals surface area contributed by atoms with Gasteiger partial charge in [0.25, 0.3) is 0 Å². The molecule has 0 bridgehead atoms. The number of aryl methyl sites for hydroxylation is 1. The van der Waals surface area contributed by atoms with E-state index >= 15 is 0 Å². The van der Waals surface area contributed by atoms with Crippen LogP contribution in [-0.4, -0.2) is 18.9 Å². The summed E-state index contributed by atoms with van der Waals surface area (Å²) in [5.41, 5.74) is 2.66. The fourth-order valence-electron chi connectivity index (χ4n) is 3.11. The fraction of sp³-hybridized carbons (Fsp3) is 0.0833. The molecular weight excluding hydrogens is 368 g/mol. The highest BCUT2D eigenvalue weighted by Crippen LogP contribution is 2.35. The standard InChI is InChI=1S/C24H18O5/c1-15-12-16(8-11-20(15)27-2)13-22-23(25)19-10-9-18(14-21(19)29-22)28-24(26)17-6-4-3-5-7-17/h3-14H,1-2H3. The molecule has 1 aliphatic rings. The van der Waals surface area contributed by atoms with Crippen molar-refractivity contribution < 1.29 is 23.8 Å². The van der Waals surface area contributed by atoms with Gasteiger partial charge in [-0.25, -0.2) is 4.79 Å². The summed E-state index contributed by atoms with van der Waals surface area (Å²) in [4.78, 5) is 24.9. The van der Waals surface area contributed by atoms with E-state index < -0.39 is 5.97 Å². The van der Waals surface area contributed by atoms with E-state index in [1.165, 1.54) is 0 Å². The second-order valence-corrected chi connectivity index (χ2v) is 6.58. The molecule has 3 aromatic rings. The first-order valence-corrected chi connectivity index (χ1v) is 9.05. The third-order valence-electron chi connectivity index (χ3n) is 4.58. The van der Waals surface area contributed by atoms with Gasteiger partial charge in [0.15, 0.2) is 5.76 Å². The van der Waals surface area contributed by atoms with E-state index in [1.807, 2.05) is 31.2 Å². The van der Waals surface area contributed by atoms with Crippen LogP contribution in [0, 0.1) is 6.92 Å². The Kier molecular flexibility index (Phi) is 4.87. The Labute approximate surface area is 168 Å². The number of benzene rings is 3. The number of Topliss-reactive ketones (excluding diaryl/α,β-unsaturated/α-hetero) is 1. The lowest BCUT2D eigenvalue weighted by Gasteiger charge is -2.06. The van der Waals surface area contributed by atoms with E-state index in [2.05, 4.69) is 0 Å². The van der Waals surface area contributed by atoms with Crippen molar-refractivity contribution in [1.29, 1.82) is 0 Å². The second kappa shape index (κ2) is 7.64. The van der Waals surface area contributed by atoms with Crippen LogP contribution in [0.4, 0.5) is 0 Å². The Bertz CT molecular complexity index is 1130. The van der Waals surface area contributed by atoms with Crippen molar-refractivity contribution in [1.82, 2.24) is 0 Å². The third-order valence-corrected chi connectivity index (χ3v) is 4.58. The van der Waals surface area contributed by atoms with Crippen LogP contribution < -0.4 is 14.2 Å². The van der Waals surface area contributed by atoms with Crippen molar-refractivity contribution in [2.24, 2.45) is 0 Å². The number of esters is 1. The molecule has 0 saturated carbocycles. The van der Waals surface area contributed by atoms with Gasteiger partial charge in [-0.2, -0.15) is 0 Å². The van der Waals surface area contributed by atoms with Gasteiger partial charge in [-0.05, 0) is 60.5 Å². The van der Waals surface area contributed by atoms with Gasteiger partial charge in [-0.1, -0.05) is 24.3 Å². The van der Waals surface area contributed by atoms with Gasteiger partial charge in [0.05, 0.1) is 18.2 Å². The fourth-order valence-corrected chi connectivity index (χ4v) is 3.11. The lowest BCUT2D eigenvalue weighted by atomic mass is 10.1. The predicted molar refractivity (Wildman–Crippen MR) is 109 cm³/mol. The van der Waals surface area contributed by atoms with Crippen molar-refractivity contribution in [3.05, 3.63) is 94.7 Å². The zero-order valence-corrected chi connectivity index (χ0v) is 16.0. The summed E-state index contributed by atoms with van der Waals surface area (Å²) < 4.78 is 16.4. The summed E-state index contributed by atoms with van der Waals surface area (Å²) in [6.45, 7) is 1.93. The monoisotopic (exact) mass is 386 g/mol. The molecule has 3 aromatic carbocycles. The van der Waals surface area contributed by atoms with Gasteiger partial charge >= 0.3 is 5.97 Å². The minimum absolute atomic E-state index is 0.214. The molecule has 1 heterocycles. The molecule has 0 saturated heterocycles. The highest BCUT2D eigenvalue weighted by atomic mass is 16.5. The molecule has 144 valence electrons. The predicted octanol–water partition coefficient (Wildman–Crippen LogP) is 4.84. The van der Waals surface area contributed by atoms with Gasteiger partial charge < -0.3 is 14.2 Å². The van der Waals surface area contributed by atoms with Gasteiger partial charge in [-0.3, -0.25) is 4.79 Å². The third kappa shape index (κ3) is 3.75. The Morgan fingerprint density at radius 1 is 1.00 bits per heavy atom. The van der Waals surface area contributed by atoms with Crippen LogP contribution in [0.1, 0.15) is 31.8 Å². The first-order chi connectivity index (χ1) is 14.0. The van der Waals surface area contributed by atoms with Crippen molar-refractivity contribution >= 4 is 17.8 Å². The lowest BCUT2D eigenvalue weighted by Crippen LogP contribution is -2.08. The van der Waals surface area contributed by atoms with E-state index in [0.29, 0.717) is 22.6 Å². The van der Waals surface area contributed by atoms with Crippen molar-refractivity contribution in [2.45, 2.75) is 6.92 Å². The van der Waals surface area contributed by atoms with Crippen molar-refractivity contribution in [2.75, 3.05) is 7.11 Å². The quantitative estimate of drug-likeness (QED) is 0.365. The second-order valence-electron chi connectivity index (χ2n) is 6.58. The van der Waals surface area contributed by atoms with E-state index in [-0.39, 0.29) is 11.5 Å². The lowest BCUT2D eigenvalue weighted by molar-refractivity contribution is 0.0734. The summed E-state index contributed by atoms with van der Waals surface area (Å²) >= 11 is 0. The van der Waals surface area contributed by atoms with Gasteiger partial charge in [-0.15, -0.1) is 0 Å². The zero-order valence-electron chi connectivity index (χ0n) is 16.0. The molecule has 1 aliphatic heterocycles. The number of allylic oxidation sites excluding steroid dienone is 1. The molecule has 29 heavy (non-hydrogen) atoms. The molecule has 0 N–H and O–H groups in total. The number of hydrogen-bond acceptors (Lipinski definition) is 5. The molecule has 0 amide bonds. The molecule has 0 aromatic heterocycles. The molecule has 0 fully saturated rings. The maximum atomic E-state index is 12.6. The molecular formula is C24H18O5. The van der Waals surface area contributed by atoms with Crippen LogP contribution in [0.3, 0.4) is 0 Å². The number of ketones is 1. The van der Waals surface area contributed by atoms with Crippen LogP contribution >= 0.6 is 0 Å². The minimum Gasteiger partial charge on any atom is -0.496 e. The molecule has 0 aliphatic carbocycles. The zero-order chi connectivity index (χ0) is 20.4. The highest BCUT2D eigenvalue weighted by molar-refractivity contribution is 6.14. The van der Waals surface area contributed by atoms with Crippen LogP contribution in [-0.2, 0) is 0 Å². The number of hydrogen-bond donors (Lipinski definition) is 0. The number of methoxy groups -OCH3 is 1. The molecule has 0 radical (unpaired) electrons. The van der Waals surface area contributed by atoms with E-state index in [1.54, 1.807) is 55.7 Å².